The van der Waals surface area contributed by atoms with Crippen LogP contribution in [0.15, 0.2) is 40.2 Å². The molecule has 1 heterocycles. The zero-order valence-electron chi connectivity index (χ0n) is 12.3. The molecule has 24 heavy (non-hydrogen) atoms. The van der Waals surface area contributed by atoms with Crippen molar-refractivity contribution in [2.45, 2.75) is 12.6 Å². The Kier molecular flexibility index (Phi) is 6.17. The van der Waals surface area contributed by atoms with Crippen LogP contribution in [-0.4, -0.2) is 28.4 Å². The lowest BCUT2D eigenvalue weighted by molar-refractivity contribution is -0.137. The molecular weight excluding hydrogens is 361 g/mol. The second kappa shape index (κ2) is 7.94. The van der Waals surface area contributed by atoms with Gasteiger partial charge in [-0.3, -0.25) is 4.79 Å². The van der Waals surface area contributed by atoms with Gasteiger partial charge in [0.15, 0.2) is 5.78 Å². The minimum absolute atomic E-state index is 0.284. The third kappa shape index (κ3) is 4.91. The number of aliphatic carboxylic acids is 1. The van der Waals surface area contributed by atoms with Gasteiger partial charge < -0.3 is 5.11 Å². The quantitative estimate of drug-likeness (QED) is 0.479. The van der Waals surface area contributed by atoms with Gasteiger partial charge >= 0.3 is 12.1 Å². The Labute approximate surface area is 145 Å². The molecule has 3 nitrogen and oxygen atoms in total. The van der Waals surface area contributed by atoms with Crippen LogP contribution in [0.3, 0.4) is 0 Å². The monoisotopic (exact) mass is 374 g/mol. The van der Waals surface area contributed by atoms with Crippen LogP contribution in [0.2, 0.25) is 0 Å². The van der Waals surface area contributed by atoms with Crippen LogP contribution in [-0.2, 0) is 15.8 Å². The van der Waals surface area contributed by atoms with E-state index in [1.165, 1.54) is 41.7 Å². The number of alkyl halides is 3. The average Bonchev–Trinajstić information content (AvgIpc) is 2.53. The average molecular weight is 374 g/mol. The molecule has 0 aromatic heterocycles. The summed E-state index contributed by atoms with van der Waals surface area (Å²) in [6.07, 6.45) is -1.09. The number of thioether (sulfide) groups is 2. The molecule has 1 aliphatic heterocycles. The fourth-order valence-electron chi connectivity index (χ4n) is 1.91. The Morgan fingerprint density at radius 1 is 1.08 bits per heavy atom. The Balaban J connectivity index is 2.17. The number of hydrogen-bond donors (Lipinski definition) is 1. The van der Waals surface area contributed by atoms with Crippen molar-refractivity contribution in [1.82, 2.24) is 0 Å². The van der Waals surface area contributed by atoms with Crippen LogP contribution in [0.4, 0.5) is 13.2 Å². The molecule has 8 heteroatoms. The van der Waals surface area contributed by atoms with Crippen molar-refractivity contribution in [1.29, 1.82) is 0 Å². The summed E-state index contributed by atoms with van der Waals surface area (Å²) in [6, 6.07) is 4.27. The van der Waals surface area contributed by atoms with Gasteiger partial charge in [0, 0.05) is 0 Å². The molecule has 0 saturated carbocycles. The van der Waals surface area contributed by atoms with E-state index < -0.39 is 23.5 Å². The maximum absolute atomic E-state index is 12.5. The first-order valence-corrected chi connectivity index (χ1v) is 8.89. The number of hydrogen-bond acceptors (Lipinski definition) is 4. The van der Waals surface area contributed by atoms with Gasteiger partial charge in [-0.1, -0.05) is 18.2 Å². The summed E-state index contributed by atoms with van der Waals surface area (Å²) in [6.45, 7) is 0. The van der Waals surface area contributed by atoms with Crippen molar-refractivity contribution in [3.8, 4) is 0 Å². The van der Waals surface area contributed by atoms with Gasteiger partial charge in [0.25, 0.3) is 0 Å². The minimum atomic E-state index is -4.42. The van der Waals surface area contributed by atoms with E-state index in [-0.39, 0.29) is 5.57 Å². The normalized spacial score (nSPS) is 15.5. The molecule has 1 aliphatic rings. The van der Waals surface area contributed by atoms with Crippen LogP contribution in [0.25, 0.3) is 6.08 Å². The molecule has 0 atom stereocenters. The van der Waals surface area contributed by atoms with E-state index in [1.54, 1.807) is 0 Å². The van der Waals surface area contributed by atoms with Crippen LogP contribution >= 0.6 is 23.5 Å². The molecule has 2 rings (SSSR count). The predicted octanol–water partition coefficient (Wildman–Crippen LogP) is 4.45. The molecule has 0 amide bonds. The molecule has 1 fully saturated rings. The predicted molar refractivity (Wildman–Crippen MR) is 89.7 cm³/mol. The van der Waals surface area contributed by atoms with Gasteiger partial charge in [-0.05, 0) is 41.7 Å². The molecule has 0 bridgehead atoms. The maximum Gasteiger partial charge on any atom is 0.416 e. The highest BCUT2D eigenvalue weighted by Gasteiger charge is 2.29. The van der Waals surface area contributed by atoms with Crippen LogP contribution < -0.4 is 0 Å². The summed E-state index contributed by atoms with van der Waals surface area (Å²) in [4.78, 5) is 23.5. The Bertz CT molecular complexity index is 684. The van der Waals surface area contributed by atoms with Crippen LogP contribution in [0, 0.1) is 0 Å². The van der Waals surface area contributed by atoms with Crippen molar-refractivity contribution in [3.05, 3.63) is 51.3 Å². The topological polar surface area (TPSA) is 54.4 Å². The molecule has 1 saturated heterocycles. The first kappa shape index (κ1) is 18.7. The highest BCUT2D eigenvalue weighted by Crippen LogP contribution is 2.37. The summed E-state index contributed by atoms with van der Waals surface area (Å²) in [5.74, 6) is -0.447. The van der Waals surface area contributed by atoms with E-state index in [0.717, 1.165) is 36.1 Å². The van der Waals surface area contributed by atoms with Gasteiger partial charge in [0.05, 0.1) is 9.80 Å². The number of halogens is 3. The maximum atomic E-state index is 12.5. The number of carboxylic acids is 1. The van der Waals surface area contributed by atoms with E-state index in [1.807, 2.05) is 0 Å². The van der Waals surface area contributed by atoms with Gasteiger partial charge in [-0.25, -0.2) is 4.79 Å². The van der Waals surface area contributed by atoms with Gasteiger partial charge in [-0.15, -0.1) is 23.5 Å². The third-order valence-electron chi connectivity index (χ3n) is 3.08. The van der Waals surface area contributed by atoms with E-state index in [0.29, 0.717) is 9.80 Å². The molecule has 0 unspecified atom stereocenters. The molecule has 0 aliphatic carbocycles. The molecule has 1 N–H and O–H groups in total. The van der Waals surface area contributed by atoms with Crippen molar-refractivity contribution < 1.29 is 27.9 Å². The zero-order valence-corrected chi connectivity index (χ0v) is 13.9. The fraction of sp³-hybridized carbons (Fsp3) is 0.250. The number of allylic oxidation sites excluding steroid dienone is 1. The summed E-state index contributed by atoms with van der Waals surface area (Å²) in [5.41, 5.74) is -0.683. The largest absolute Gasteiger partial charge is 0.477 e. The summed E-state index contributed by atoms with van der Waals surface area (Å²) >= 11 is 2.67. The lowest BCUT2D eigenvalue weighted by Crippen LogP contribution is -2.13. The first-order valence-electron chi connectivity index (χ1n) is 6.92. The second-order valence-corrected chi connectivity index (χ2v) is 7.30. The molecule has 1 aromatic carbocycles. The molecular formula is C16H13F3O3S2. The lowest BCUT2D eigenvalue weighted by atomic mass is 10.1. The van der Waals surface area contributed by atoms with Crippen LogP contribution in [0.1, 0.15) is 17.5 Å². The van der Waals surface area contributed by atoms with Gasteiger partial charge in [0.1, 0.15) is 5.57 Å². The van der Waals surface area contributed by atoms with Gasteiger partial charge in [-0.2, -0.15) is 13.2 Å². The number of rotatable bonds is 4. The summed E-state index contributed by atoms with van der Waals surface area (Å²) < 4.78 is 37.9. The fourth-order valence-corrected chi connectivity index (χ4v) is 4.54. The number of benzene rings is 1. The first-order chi connectivity index (χ1) is 11.3. The summed E-state index contributed by atoms with van der Waals surface area (Å²) in [5, 5.41) is 9.25. The molecule has 0 spiro atoms. The molecule has 1 aromatic rings. The van der Waals surface area contributed by atoms with E-state index in [2.05, 4.69) is 0 Å². The standard InChI is InChI=1S/C16H13F3O3S2/c17-16(18,19)11-5-2-10(3-6-11)4-7-12(20)13(14(21)22)15-23-8-1-9-24-15/h2-7H,1,8-9H2,(H,21,22)/b7-4+. The Hall–Kier alpha value is -1.67. The number of carbonyl (C=O) groups excluding carboxylic acids is 1. The van der Waals surface area contributed by atoms with E-state index in [4.69, 9.17) is 0 Å². The Morgan fingerprint density at radius 3 is 2.17 bits per heavy atom. The van der Waals surface area contributed by atoms with Crippen molar-refractivity contribution in [3.63, 3.8) is 0 Å². The molecule has 0 radical (unpaired) electrons. The Morgan fingerprint density at radius 2 is 1.67 bits per heavy atom. The van der Waals surface area contributed by atoms with Gasteiger partial charge in [0.2, 0.25) is 0 Å². The molecule has 128 valence electrons. The zero-order chi connectivity index (χ0) is 17.7. The van der Waals surface area contributed by atoms with E-state index in [9.17, 15) is 27.9 Å². The van der Waals surface area contributed by atoms with Crippen molar-refractivity contribution in [2.75, 3.05) is 11.5 Å². The highest BCUT2D eigenvalue weighted by atomic mass is 32.2. The number of carboxylic acid groups (broad SMARTS) is 1. The number of ketones is 1. The SMILES string of the molecule is O=C(O)C(C(=O)/C=C/c1ccc(C(F)(F)F)cc1)=C1SCCCS1. The second-order valence-electron chi connectivity index (χ2n) is 4.84. The van der Waals surface area contributed by atoms with Crippen molar-refractivity contribution in [2.24, 2.45) is 0 Å². The highest BCUT2D eigenvalue weighted by molar-refractivity contribution is 8.22. The van der Waals surface area contributed by atoms with Crippen LogP contribution in [0.5, 0.6) is 0 Å². The third-order valence-corrected chi connectivity index (χ3v) is 5.71. The van der Waals surface area contributed by atoms with E-state index >= 15 is 0 Å². The lowest BCUT2D eigenvalue weighted by Gasteiger charge is -2.14. The van der Waals surface area contributed by atoms with Crippen molar-refractivity contribution >= 4 is 41.4 Å². The smallest absolute Gasteiger partial charge is 0.416 e. The minimum Gasteiger partial charge on any atom is -0.477 e. The summed E-state index contributed by atoms with van der Waals surface area (Å²) in [7, 11) is 0. The number of carbonyl (C=O) groups is 2.